The van der Waals surface area contributed by atoms with Crippen LogP contribution >= 0.6 is 0 Å². The third-order valence-electron chi connectivity index (χ3n) is 2.90. The molecule has 0 aliphatic heterocycles. The molecule has 0 bridgehead atoms. The van der Waals surface area contributed by atoms with Crippen LogP contribution in [0.15, 0.2) is 18.2 Å². The fourth-order valence-corrected chi connectivity index (χ4v) is 1.70. The van der Waals surface area contributed by atoms with E-state index in [1.165, 1.54) is 5.56 Å². The molecule has 19 heavy (non-hydrogen) atoms. The van der Waals surface area contributed by atoms with Crippen LogP contribution in [0.1, 0.15) is 35.3 Å². The van der Waals surface area contributed by atoms with Crippen LogP contribution in [0.5, 0.6) is 0 Å². The van der Waals surface area contributed by atoms with E-state index in [4.69, 9.17) is 9.47 Å². The number of hydrogen-bond donors (Lipinski definition) is 1. The van der Waals surface area contributed by atoms with Gasteiger partial charge in [0.25, 0.3) is 5.91 Å². The Morgan fingerprint density at radius 3 is 2.32 bits per heavy atom. The van der Waals surface area contributed by atoms with E-state index in [0.717, 1.165) is 5.56 Å². The van der Waals surface area contributed by atoms with Gasteiger partial charge in [0.15, 0.2) is 6.29 Å². The lowest BCUT2D eigenvalue weighted by atomic mass is 10.1. The van der Waals surface area contributed by atoms with Gasteiger partial charge in [-0.05, 0) is 51.0 Å². The summed E-state index contributed by atoms with van der Waals surface area (Å²) in [7, 11) is 0. The molecule has 0 fully saturated rings. The maximum Gasteiger partial charge on any atom is 0.251 e. The smallest absolute Gasteiger partial charge is 0.251 e. The highest BCUT2D eigenvalue weighted by atomic mass is 16.7. The zero-order chi connectivity index (χ0) is 14.3. The molecule has 0 aliphatic rings. The molecule has 0 aliphatic carbocycles. The number of carbonyl (C=O) groups excluding carboxylic acids is 1. The second kappa shape index (κ2) is 7.92. The summed E-state index contributed by atoms with van der Waals surface area (Å²) in [5.74, 6) is -0.104. The van der Waals surface area contributed by atoms with E-state index in [-0.39, 0.29) is 12.2 Å². The molecule has 4 heteroatoms. The van der Waals surface area contributed by atoms with Gasteiger partial charge in [0.2, 0.25) is 0 Å². The maximum absolute atomic E-state index is 12.0. The Morgan fingerprint density at radius 2 is 1.79 bits per heavy atom. The van der Waals surface area contributed by atoms with E-state index in [0.29, 0.717) is 25.3 Å². The first-order valence-electron chi connectivity index (χ1n) is 6.67. The minimum atomic E-state index is -0.384. The van der Waals surface area contributed by atoms with Gasteiger partial charge in [-0.2, -0.15) is 0 Å². The summed E-state index contributed by atoms with van der Waals surface area (Å²) in [4.78, 5) is 12.0. The normalized spacial score (nSPS) is 10.8. The summed E-state index contributed by atoms with van der Waals surface area (Å²) in [6, 6.07) is 5.67. The van der Waals surface area contributed by atoms with Crippen LogP contribution in [0.25, 0.3) is 0 Å². The average molecular weight is 265 g/mol. The molecule has 0 saturated heterocycles. The van der Waals surface area contributed by atoms with Crippen molar-refractivity contribution in [3.05, 3.63) is 34.9 Å². The Labute approximate surface area is 115 Å². The predicted octanol–water partition coefficient (Wildman–Crippen LogP) is 2.43. The van der Waals surface area contributed by atoms with E-state index in [2.05, 4.69) is 5.32 Å². The lowest BCUT2D eigenvalue weighted by molar-refractivity contribution is -0.131. The topological polar surface area (TPSA) is 47.6 Å². The molecule has 1 aromatic rings. The van der Waals surface area contributed by atoms with Crippen LogP contribution in [0, 0.1) is 13.8 Å². The molecular weight excluding hydrogens is 242 g/mol. The van der Waals surface area contributed by atoms with Gasteiger partial charge in [0.05, 0.1) is 6.54 Å². The highest BCUT2D eigenvalue weighted by molar-refractivity contribution is 5.94. The molecule has 1 rings (SSSR count). The van der Waals surface area contributed by atoms with Crippen molar-refractivity contribution in [1.82, 2.24) is 5.32 Å². The van der Waals surface area contributed by atoms with Crippen molar-refractivity contribution in [2.45, 2.75) is 34.0 Å². The van der Waals surface area contributed by atoms with Crippen molar-refractivity contribution in [2.24, 2.45) is 0 Å². The van der Waals surface area contributed by atoms with Crippen LogP contribution in [-0.2, 0) is 9.47 Å². The minimum Gasteiger partial charge on any atom is -0.351 e. The molecule has 106 valence electrons. The summed E-state index contributed by atoms with van der Waals surface area (Å²) in [5.41, 5.74) is 2.95. The van der Waals surface area contributed by atoms with Crippen LogP contribution in [0.2, 0.25) is 0 Å². The molecule has 0 heterocycles. The van der Waals surface area contributed by atoms with Crippen LogP contribution < -0.4 is 5.32 Å². The van der Waals surface area contributed by atoms with Crippen molar-refractivity contribution in [3.63, 3.8) is 0 Å². The molecule has 0 saturated carbocycles. The molecule has 0 radical (unpaired) electrons. The van der Waals surface area contributed by atoms with Crippen molar-refractivity contribution < 1.29 is 14.3 Å². The molecule has 1 amide bonds. The largest absolute Gasteiger partial charge is 0.351 e. The van der Waals surface area contributed by atoms with E-state index >= 15 is 0 Å². The van der Waals surface area contributed by atoms with E-state index in [9.17, 15) is 4.79 Å². The molecule has 1 N–H and O–H groups in total. The zero-order valence-electron chi connectivity index (χ0n) is 12.2. The summed E-state index contributed by atoms with van der Waals surface area (Å²) in [5, 5.41) is 2.83. The van der Waals surface area contributed by atoms with E-state index in [1.54, 1.807) is 0 Å². The molecular formula is C15H23NO3. The first-order chi connectivity index (χ1) is 9.08. The second-order valence-corrected chi connectivity index (χ2v) is 4.35. The van der Waals surface area contributed by atoms with Crippen LogP contribution in [0.3, 0.4) is 0 Å². The third kappa shape index (κ3) is 5.01. The number of hydrogen-bond acceptors (Lipinski definition) is 3. The Hall–Kier alpha value is -1.39. The Kier molecular flexibility index (Phi) is 6.53. The average Bonchev–Trinajstić information content (AvgIpc) is 2.39. The standard InChI is InChI=1S/C15H23NO3/c1-5-18-14(19-6-2)10-16-15(17)13-8-7-11(3)12(4)9-13/h7-9,14H,5-6,10H2,1-4H3,(H,16,17). The van der Waals surface area contributed by atoms with Crippen LogP contribution in [-0.4, -0.2) is 32.0 Å². The van der Waals surface area contributed by atoms with Gasteiger partial charge in [0, 0.05) is 18.8 Å². The fraction of sp³-hybridized carbons (Fsp3) is 0.533. The summed E-state index contributed by atoms with van der Waals surface area (Å²) < 4.78 is 10.7. The highest BCUT2D eigenvalue weighted by Gasteiger charge is 2.11. The van der Waals surface area contributed by atoms with Crippen molar-refractivity contribution in [2.75, 3.05) is 19.8 Å². The summed E-state index contributed by atoms with van der Waals surface area (Å²) in [6.07, 6.45) is -0.384. The number of ether oxygens (including phenoxy) is 2. The molecule has 0 aromatic heterocycles. The second-order valence-electron chi connectivity index (χ2n) is 4.35. The van der Waals surface area contributed by atoms with Crippen molar-refractivity contribution in [3.8, 4) is 0 Å². The van der Waals surface area contributed by atoms with Crippen LogP contribution in [0.4, 0.5) is 0 Å². The van der Waals surface area contributed by atoms with E-state index < -0.39 is 0 Å². The predicted molar refractivity (Wildman–Crippen MR) is 75.3 cm³/mol. The van der Waals surface area contributed by atoms with Gasteiger partial charge in [0.1, 0.15) is 0 Å². The van der Waals surface area contributed by atoms with Gasteiger partial charge in [-0.15, -0.1) is 0 Å². The highest BCUT2D eigenvalue weighted by Crippen LogP contribution is 2.09. The number of benzene rings is 1. The first kappa shape index (κ1) is 15.7. The maximum atomic E-state index is 12.0. The number of nitrogens with one attached hydrogen (secondary N) is 1. The lowest BCUT2D eigenvalue weighted by Gasteiger charge is -2.17. The molecule has 0 unspecified atom stereocenters. The van der Waals surface area contributed by atoms with E-state index in [1.807, 2.05) is 45.9 Å². The van der Waals surface area contributed by atoms with Gasteiger partial charge >= 0.3 is 0 Å². The van der Waals surface area contributed by atoms with Crippen molar-refractivity contribution >= 4 is 5.91 Å². The summed E-state index contributed by atoms with van der Waals surface area (Å²) in [6.45, 7) is 9.29. The lowest BCUT2D eigenvalue weighted by Crippen LogP contribution is -2.35. The number of rotatable bonds is 7. The molecule has 4 nitrogen and oxygen atoms in total. The third-order valence-corrected chi connectivity index (χ3v) is 2.90. The molecule has 1 aromatic carbocycles. The Morgan fingerprint density at radius 1 is 1.16 bits per heavy atom. The van der Waals surface area contributed by atoms with Crippen molar-refractivity contribution in [1.29, 1.82) is 0 Å². The van der Waals surface area contributed by atoms with Gasteiger partial charge in [-0.25, -0.2) is 0 Å². The summed E-state index contributed by atoms with van der Waals surface area (Å²) >= 11 is 0. The molecule has 0 atom stereocenters. The van der Waals surface area contributed by atoms with Gasteiger partial charge in [-0.3, -0.25) is 4.79 Å². The number of carbonyl (C=O) groups is 1. The Balaban J connectivity index is 2.56. The van der Waals surface area contributed by atoms with Gasteiger partial charge < -0.3 is 14.8 Å². The first-order valence-corrected chi connectivity index (χ1v) is 6.67. The number of aryl methyl sites for hydroxylation is 2. The SMILES string of the molecule is CCOC(CNC(=O)c1ccc(C)c(C)c1)OCC. The van der Waals surface area contributed by atoms with Gasteiger partial charge in [-0.1, -0.05) is 6.07 Å². The fourth-order valence-electron chi connectivity index (χ4n) is 1.70. The Bertz CT molecular complexity index is 412. The molecule has 0 spiro atoms. The quantitative estimate of drug-likeness (QED) is 0.770. The monoisotopic (exact) mass is 265 g/mol. The zero-order valence-corrected chi connectivity index (χ0v) is 12.2. The number of amides is 1. The minimum absolute atomic E-state index is 0.104.